The molecule has 3 heterocycles. The number of benzene rings is 2. The van der Waals surface area contributed by atoms with Crippen LogP contribution in [0.2, 0.25) is 0 Å². The highest BCUT2D eigenvalue weighted by atomic mass is 32.1. The molecule has 0 radical (unpaired) electrons. The number of amides is 1. The van der Waals surface area contributed by atoms with Gasteiger partial charge in [0.1, 0.15) is 6.54 Å². The number of thiophene rings is 1. The first-order valence-corrected chi connectivity index (χ1v) is 13.8. The third kappa shape index (κ3) is 5.64. The molecule has 198 valence electrons. The van der Waals surface area contributed by atoms with Crippen LogP contribution < -0.4 is 10.9 Å². The lowest BCUT2D eigenvalue weighted by molar-refractivity contribution is -0.129. The maximum atomic E-state index is 12.7. The van der Waals surface area contributed by atoms with Gasteiger partial charge >= 0.3 is 0 Å². The maximum absolute atomic E-state index is 12.7. The van der Waals surface area contributed by atoms with E-state index >= 15 is 0 Å². The summed E-state index contributed by atoms with van der Waals surface area (Å²) in [5, 5.41) is 4.71. The molecule has 6 nitrogen and oxygen atoms in total. The van der Waals surface area contributed by atoms with E-state index in [0.717, 1.165) is 33.4 Å². The van der Waals surface area contributed by atoms with E-state index in [1.807, 2.05) is 25.1 Å². The molecule has 1 amide bonds. The van der Waals surface area contributed by atoms with Crippen molar-refractivity contribution in [3.63, 3.8) is 0 Å². The summed E-state index contributed by atoms with van der Waals surface area (Å²) in [5.74, 6) is -0.126. The highest BCUT2D eigenvalue weighted by Gasteiger charge is 2.14. The first kappa shape index (κ1) is 26.4. The van der Waals surface area contributed by atoms with Crippen molar-refractivity contribution in [2.45, 2.75) is 33.4 Å². The van der Waals surface area contributed by atoms with Crippen molar-refractivity contribution in [2.24, 2.45) is 0 Å². The van der Waals surface area contributed by atoms with Crippen molar-refractivity contribution in [3.8, 4) is 21.6 Å². The van der Waals surface area contributed by atoms with Gasteiger partial charge in [0.05, 0.1) is 11.6 Å². The Morgan fingerprint density at radius 1 is 1.00 bits per heavy atom. The predicted molar refractivity (Wildman–Crippen MR) is 161 cm³/mol. The molecule has 2 aromatic carbocycles. The summed E-state index contributed by atoms with van der Waals surface area (Å²) >= 11 is 1.80. The van der Waals surface area contributed by atoms with Gasteiger partial charge in [0.25, 0.3) is 5.56 Å². The fourth-order valence-electron chi connectivity index (χ4n) is 4.65. The highest BCUT2D eigenvalue weighted by Crippen LogP contribution is 2.36. The molecule has 0 bridgehead atoms. The van der Waals surface area contributed by atoms with Gasteiger partial charge in [-0.2, -0.15) is 0 Å². The molecule has 1 N–H and O–H groups in total. The lowest BCUT2D eigenvalue weighted by Crippen LogP contribution is -2.31. The van der Waals surface area contributed by atoms with Crippen LogP contribution in [-0.4, -0.2) is 34.5 Å². The number of nitrogens with zero attached hydrogens (tertiary/aromatic N) is 3. The van der Waals surface area contributed by atoms with Crippen LogP contribution in [0, 0.1) is 13.8 Å². The second-order valence-corrected chi connectivity index (χ2v) is 11.2. The van der Waals surface area contributed by atoms with E-state index in [4.69, 9.17) is 4.98 Å². The molecule has 0 saturated heterocycles. The molecule has 0 spiro atoms. The van der Waals surface area contributed by atoms with E-state index in [0.29, 0.717) is 0 Å². The van der Waals surface area contributed by atoms with E-state index in [2.05, 4.69) is 67.7 Å². The van der Waals surface area contributed by atoms with Gasteiger partial charge in [-0.1, -0.05) is 30.3 Å². The average molecular weight is 537 g/mol. The predicted octanol–water partition coefficient (Wildman–Crippen LogP) is 6.67. The van der Waals surface area contributed by atoms with Crippen LogP contribution >= 0.6 is 11.3 Å². The smallest absolute Gasteiger partial charge is 0.251 e. The van der Waals surface area contributed by atoms with Crippen molar-refractivity contribution in [1.82, 2.24) is 14.5 Å². The van der Waals surface area contributed by atoms with E-state index in [1.165, 1.54) is 30.3 Å². The highest BCUT2D eigenvalue weighted by molar-refractivity contribution is 7.15. The van der Waals surface area contributed by atoms with Crippen molar-refractivity contribution >= 4 is 33.8 Å². The van der Waals surface area contributed by atoms with Crippen molar-refractivity contribution in [1.29, 1.82) is 0 Å². The number of likely N-dealkylation sites (N-methyl/N-ethyl adjacent to an activating group) is 1. The topological polar surface area (TPSA) is 67.2 Å². The first-order chi connectivity index (χ1) is 18.7. The maximum Gasteiger partial charge on any atom is 0.251 e. The summed E-state index contributed by atoms with van der Waals surface area (Å²) in [6.07, 6.45) is 1.68. The summed E-state index contributed by atoms with van der Waals surface area (Å²) in [6.45, 7) is 6.34. The molecule has 0 saturated carbocycles. The Morgan fingerprint density at radius 3 is 2.51 bits per heavy atom. The molecule has 0 unspecified atom stereocenters. The lowest BCUT2D eigenvalue weighted by atomic mass is 10.0. The second-order valence-electron chi connectivity index (χ2n) is 10.1. The van der Waals surface area contributed by atoms with Gasteiger partial charge in [-0.15, -0.1) is 11.3 Å². The normalized spacial score (nSPS) is 11.9. The minimum atomic E-state index is -0.209. The van der Waals surface area contributed by atoms with E-state index in [1.54, 1.807) is 37.7 Å². The number of fused-ring (bicyclic) bond motifs is 1. The van der Waals surface area contributed by atoms with Crippen LogP contribution in [0.15, 0.2) is 83.8 Å². The van der Waals surface area contributed by atoms with Crippen LogP contribution in [-0.2, 0) is 11.3 Å². The Kier molecular flexibility index (Phi) is 7.35. The summed E-state index contributed by atoms with van der Waals surface area (Å²) < 4.78 is 1.43. The number of carbonyl (C=O) groups excluding carboxylic acids is 1. The number of rotatable bonds is 7. The van der Waals surface area contributed by atoms with Gasteiger partial charge in [0, 0.05) is 52.9 Å². The second kappa shape index (κ2) is 10.9. The van der Waals surface area contributed by atoms with Gasteiger partial charge in [-0.05, 0) is 79.4 Å². The Hall–Kier alpha value is -4.23. The fraction of sp³-hybridized carbons (Fsp3) is 0.219. The van der Waals surface area contributed by atoms with Crippen LogP contribution in [0.4, 0.5) is 5.69 Å². The third-order valence-electron chi connectivity index (χ3n) is 6.91. The fourth-order valence-corrected chi connectivity index (χ4v) is 5.75. The van der Waals surface area contributed by atoms with E-state index in [9.17, 15) is 9.59 Å². The Labute approximate surface area is 232 Å². The number of hydrogen-bond donors (Lipinski definition) is 1. The lowest BCUT2D eigenvalue weighted by Gasteiger charge is -2.17. The standard InChI is InChI=1S/C32H32N4O2S/c1-20-8-6-7-9-25(20)30-13-12-29(39-30)22(3)34-28-16-21(2)33-27-11-10-23(17-26(27)28)24-14-15-36(31(37)18-24)19-32(38)35(4)5/h6-18,22H,19H2,1-5H3,(H,33,34)/t22-/m1/s1. The Bertz CT molecular complexity index is 1730. The molecule has 0 aliphatic rings. The largest absolute Gasteiger partial charge is 0.377 e. The van der Waals surface area contributed by atoms with Crippen molar-refractivity contribution in [3.05, 3.63) is 105 Å². The summed E-state index contributed by atoms with van der Waals surface area (Å²) in [7, 11) is 3.36. The van der Waals surface area contributed by atoms with Crippen molar-refractivity contribution in [2.75, 3.05) is 19.4 Å². The molecular weight excluding hydrogens is 504 g/mol. The number of carbonyl (C=O) groups is 1. The zero-order valence-corrected chi connectivity index (χ0v) is 23.7. The molecule has 0 aliphatic heterocycles. The molecule has 7 heteroatoms. The zero-order valence-electron chi connectivity index (χ0n) is 22.9. The van der Waals surface area contributed by atoms with Gasteiger partial charge in [0.2, 0.25) is 5.91 Å². The van der Waals surface area contributed by atoms with Gasteiger partial charge < -0.3 is 14.8 Å². The SMILES string of the molecule is Cc1cc(N[C@H](C)c2ccc(-c3ccccc3C)s2)c2cc(-c3ccn(CC(=O)N(C)C)c(=O)c3)ccc2n1. The monoisotopic (exact) mass is 536 g/mol. The van der Waals surface area contributed by atoms with Gasteiger partial charge in [0.15, 0.2) is 0 Å². The number of pyridine rings is 2. The zero-order chi connectivity index (χ0) is 27.7. The number of nitrogens with one attached hydrogen (secondary N) is 1. The number of aromatic nitrogens is 2. The molecule has 0 fully saturated rings. The van der Waals surface area contributed by atoms with Gasteiger partial charge in [-0.3, -0.25) is 14.6 Å². The molecular formula is C32H32N4O2S. The molecule has 1 atom stereocenters. The summed E-state index contributed by atoms with van der Waals surface area (Å²) in [4.78, 5) is 33.5. The number of hydrogen-bond acceptors (Lipinski definition) is 5. The Balaban J connectivity index is 1.45. The average Bonchev–Trinajstić information content (AvgIpc) is 3.40. The molecule has 5 aromatic rings. The van der Waals surface area contributed by atoms with E-state index in [-0.39, 0.29) is 24.1 Å². The Morgan fingerprint density at radius 2 is 1.77 bits per heavy atom. The number of anilines is 1. The third-order valence-corrected chi connectivity index (χ3v) is 8.21. The van der Waals surface area contributed by atoms with Crippen LogP contribution in [0.3, 0.4) is 0 Å². The summed E-state index contributed by atoms with van der Waals surface area (Å²) in [5.41, 5.74) is 6.88. The van der Waals surface area contributed by atoms with Crippen LogP contribution in [0.1, 0.15) is 29.1 Å². The van der Waals surface area contributed by atoms with Crippen LogP contribution in [0.5, 0.6) is 0 Å². The molecule has 0 aliphatic carbocycles. The van der Waals surface area contributed by atoms with Gasteiger partial charge in [-0.25, -0.2) is 0 Å². The molecule has 5 rings (SSSR count). The first-order valence-electron chi connectivity index (χ1n) is 12.9. The minimum Gasteiger partial charge on any atom is -0.377 e. The molecule has 3 aromatic heterocycles. The van der Waals surface area contributed by atoms with E-state index < -0.39 is 0 Å². The van der Waals surface area contributed by atoms with Crippen molar-refractivity contribution < 1.29 is 4.79 Å². The number of aryl methyl sites for hydroxylation is 2. The quantitative estimate of drug-likeness (QED) is 0.252. The minimum absolute atomic E-state index is 0.0211. The summed E-state index contributed by atoms with van der Waals surface area (Å²) in [6, 6.07) is 24.5. The molecule has 39 heavy (non-hydrogen) atoms. The van der Waals surface area contributed by atoms with Crippen LogP contribution in [0.25, 0.3) is 32.5 Å².